The van der Waals surface area contributed by atoms with Crippen molar-refractivity contribution in [3.05, 3.63) is 42.4 Å². The third-order valence-electron chi connectivity index (χ3n) is 4.24. The highest BCUT2D eigenvalue weighted by molar-refractivity contribution is 5.65. The molecule has 3 aromatic heterocycles. The molecule has 0 saturated carbocycles. The predicted molar refractivity (Wildman–Crippen MR) is 89.0 cm³/mol. The van der Waals surface area contributed by atoms with E-state index in [0.717, 1.165) is 24.1 Å². The van der Waals surface area contributed by atoms with Crippen LogP contribution in [0.2, 0.25) is 0 Å². The summed E-state index contributed by atoms with van der Waals surface area (Å²) in [6, 6.07) is 3.79. The smallest absolute Gasteiger partial charge is 0.432 e. The van der Waals surface area contributed by atoms with Crippen molar-refractivity contribution in [2.45, 2.75) is 31.7 Å². The van der Waals surface area contributed by atoms with Crippen LogP contribution in [-0.2, 0) is 20.8 Å². The quantitative estimate of drug-likeness (QED) is 0.658. The van der Waals surface area contributed by atoms with E-state index in [1.165, 1.54) is 12.7 Å². The topological polar surface area (TPSA) is 130 Å². The van der Waals surface area contributed by atoms with Crippen LogP contribution < -0.4 is 5.73 Å². The number of hydrogen-bond donors (Lipinski definition) is 2. The fourth-order valence-electron chi connectivity index (χ4n) is 2.97. The van der Waals surface area contributed by atoms with Crippen LogP contribution in [0.15, 0.2) is 31.0 Å². The molecule has 0 amide bonds. The summed E-state index contributed by atoms with van der Waals surface area (Å²) in [4.78, 5) is 22.3. The first-order valence-corrected chi connectivity index (χ1v) is 8.21. The molecule has 2 atom stereocenters. The molecule has 2 unspecified atom stereocenters. The lowest BCUT2D eigenvalue weighted by molar-refractivity contribution is -0.0192. The van der Waals surface area contributed by atoms with Crippen LogP contribution in [0.25, 0.3) is 5.52 Å². The number of rotatable bonds is 5. The number of nitrogen functional groups attached to an aromatic ring is 1. The largest absolute Gasteiger partial charge is 0.508 e. The summed E-state index contributed by atoms with van der Waals surface area (Å²) in [5, 5.41) is 4.23. The lowest BCUT2D eigenvalue weighted by Gasteiger charge is -2.14. The van der Waals surface area contributed by atoms with Crippen molar-refractivity contribution in [2.75, 3.05) is 12.3 Å². The van der Waals surface area contributed by atoms with Gasteiger partial charge < -0.3 is 24.9 Å². The Labute approximate surface area is 148 Å². The minimum Gasteiger partial charge on any atom is -0.432 e. The Morgan fingerprint density at radius 2 is 2.31 bits per heavy atom. The Morgan fingerprint density at radius 1 is 1.38 bits per heavy atom. The highest BCUT2D eigenvalue weighted by Gasteiger charge is 2.30. The van der Waals surface area contributed by atoms with Crippen molar-refractivity contribution in [3.63, 3.8) is 0 Å². The third kappa shape index (κ3) is 3.31. The Morgan fingerprint density at radius 3 is 3.15 bits per heavy atom. The van der Waals surface area contributed by atoms with Gasteiger partial charge in [-0.25, -0.2) is 19.3 Å². The molecule has 4 heterocycles. The molecule has 1 aliphatic heterocycles. The fourth-order valence-corrected chi connectivity index (χ4v) is 2.97. The maximum Gasteiger partial charge on any atom is 0.508 e. The van der Waals surface area contributed by atoms with Crippen molar-refractivity contribution in [2.24, 2.45) is 0 Å². The van der Waals surface area contributed by atoms with Crippen LogP contribution in [0.3, 0.4) is 0 Å². The van der Waals surface area contributed by atoms with Gasteiger partial charge in [-0.05, 0) is 25.0 Å². The molecule has 3 aromatic rings. The molecule has 0 aromatic carbocycles. The number of nitrogens with zero attached hydrogens (tertiary/aromatic N) is 4. The van der Waals surface area contributed by atoms with Crippen molar-refractivity contribution in [3.8, 4) is 0 Å². The van der Waals surface area contributed by atoms with E-state index in [9.17, 15) is 4.79 Å². The molecule has 3 N–H and O–H groups in total. The number of carbonyl (C=O) groups is 1. The van der Waals surface area contributed by atoms with E-state index in [2.05, 4.69) is 20.1 Å². The first kappa shape index (κ1) is 16.3. The Kier molecular flexibility index (Phi) is 4.40. The van der Waals surface area contributed by atoms with E-state index in [1.807, 2.05) is 12.1 Å². The van der Waals surface area contributed by atoms with Gasteiger partial charge in [0.2, 0.25) is 0 Å². The second-order valence-electron chi connectivity index (χ2n) is 5.95. The zero-order valence-corrected chi connectivity index (χ0v) is 13.9. The molecule has 1 fully saturated rings. The standard InChI is InChI=1S/C16H18N6O4/c17-15-13-3-2-12(22(13)21-9-20-15)14-4-1-11(26-14)7-25-16(23)24-6-10-5-18-8-19-10/h2-3,5,8-9,11,14H,1,4,6-7H2,(H,18,19)(H2,17,20,21). The SMILES string of the molecule is Nc1ncnn2c(C3CCC(COC(=O)OCc4cnc[nH]4)O3)ccc12. The zero-order chi connectivity index (χ0) is 17.9. The lowest BCUT2D eigenvalue weighted by Crippen LogP contribution is -2.19. The average Bonchev–Trinajstić information content (AvgIpc) is 3.38. The second-order valence-corrected chi connectivity index (χ2v) is 5.95. The monoisotopic (exact) mass is 358 g/mol. The van der Waals surface area contributed by atoms with Gasteiger partial charge in [-0.15, -0.1) is 0 Å². The van der Waals surface area contributed by atoms with Gasteiger partial charge in [0.05, 0.1) is 30.0 Å². The van der Waals surface area contributed by atoms with Gasteiger partial charge >= 0.3 is 6.16 Å². The maximum absolute atomic E-state index is 11.6. The summed E-state index contributed by atoms with van der Waals surface area (Å²) >= 11 is 0. The molecule has 26 heavy (non-hydrogen) atoms. The summed E-state index contributed by atoms with van der Waals surface area (Å²) in [5.74, 6) is 0.421. The van der Waals surface area contributed by atoms with Gasteiger partial charge in [0, 0.05) is 0 Å². The molecule has 0 bridgehead atoms. The first-order valence-electron chi connectivity index (χ1n) is 8.21. The van der Waals surface area contributed by atoms with Crippen LogP contribution in [0.4, 0.5) is 10.6 Å². The molecular weight excluding hydrogens is 340 g/mol. The van der Waals surface area contributed by atoms with Gasteiger partial charge in [0.1, 0.15) is 31.2 Å². The number of nitrogens with one attached hydrogen (secondary N) is 1. The Hall–Kier alpha value is -3.14. The summed E-state index contributed by atoms with van der Waals surface area (Å²) in [5.41, 5.74) is 8.19. The second kappa shape index (κ2) is 7.00. The number of hydrogen-bond acceptors (Lipinski definition) is 8. The van der Waals surface area contributed by atoms with E-state index in [4.69, 9.17) is 19.9 Å². The van der Waals surface area contributed by atoms with Crippen molar-refractivity contribution in [1.82, 2.24) is 24.6 Å². The Balaban J connectivity index is 1.29. The molecule has 10 heteroatoms. The molecule has 0 radical (unpaired) electrons. The number of carbonyl (C=O) groups excluding carboxylic acids is 1. The normalized spacial score (nSPS) is 19.7. The molecular formula is C16H18N6O4. The summed E-state index contributed by atoms with van der Waals surface area (Å²) in [6.45, 7) is 0.225. The number of aromatic amines is 1. The maximum atomic E-state index is 11.6. The number of ether oxygens (including phenoxy) is 3. The molecule has 0 aliphatic carbocycles. The molecule has 4 rings (SSSR count). The highest BCUT2D eigenvalue weighted by Crippen LogP contribution is 2.33. The number of H-pyrrole nitrogens is 1. The van der Waals surface area contributed by atoms with E-state index in [1.54, 1.807) is 10.7 Å². The minimum atomic E-state index is -0.736. The predicted octanol–water partition coefficient (Wildman–Crippen LogP) is 1.61. The van der Waals surface area contributed by atoms with Crippen molar-refractivity contribution in [1.29, 1.82) is 0 Å². The van der Waals surface area contributed by atoms with E-state index in [-0.39, 0.29) is 25.4 Å². The van der Waals surface area contributed by atoms with Gasteiger partial charge in [0.25, 0.3) is 0 Å². The molecule has 0 spiro atoms. The van der Waals surface area contributed by atoms with Crippen LogP contribution in [-0.4, -0.2) is 43.4 Å². The first-order chi connectivity index (χ1) is 12.7. The van der Waals surface area contributed by atoms with Crippen LogP contribution in [0.5, 0.6) is 0 Å². The van der Waals surface area contributed by atoms with Crippen molar-refractivity contribution < 1.29 is 19.0 Å². The van der Waals surface area contributed by atoms with E-state index < -0.39 is 6.16 Å². The third-order valence-corrected chi connectivity index (χ3v) is 4.24. The number of aromatic nitrogens is 5. The van der Waals surface area contributed by atoms with E-state index in [0.29, 0.717) is 11.5 Å². The van der Waals surface area contributed by atoms with Crippen LogP contribution >= 0.6 is 0 Å². The van der Waals surface area contributed by atoms with Gasteiger partial charge in [-0.2, -0.15) is 5.10 Å². The summed E-state index contributed by atoms with van der Waals surface area (Å²) < 4.78 is 17.8. The van der Waals surface area contributed by atoms with Gasteiger partial charge in [-0.3, -0.25) is 0 Å². The van der Waals surface area contributed by atoms with Gasteiger partial charge in [0.15, 0.2) is 5.82 Å². The lowest BCUT2D eigenvalue weighted by atomic mass is 10.1. The number of nitrogens with two attached hydrogens (primary N) is 1. The van der Waals surface area contributed by atoms with Crippen LogP contribution in [0.1, 0.15) is 30.3 Å². The van der Waals surface area contributed by atoms with E-state index >= 15 is 0 Å². The molecule has 136 valence electrons. The fraction of sp³-hybridized carbons (Fsp3) is 0.375. The summed E-state index contributed by atoms with van der Waals surface area (Å²) in [7, 11) is 0. The zero-order valence-electron chi connectivity index (χ0n) is 13.9. The van der Waals surface area contributed by atoms with Crippen molar-refractivity contribution >= 4 is 17.5 Å². The average molecular weight is 358 g/mol. The Bertz CT molecular complexity index is 893. The molecule has 1 aliphatic rings. The highest BCUT2D eigenvalue weighted by atomic mass is 16.7. The van der Waals surface area contributed by atoms with Crippen LogP contribution in [0, 0.1) is 0 Å². The minimum absolute atomic E-state index is 0.0876. The number of anilines is 1. The molecule has 10 nitrogen and oxygen atoms in total. The number of imidazole rings is 1. The molecule has 1 saturated heterocycles. The number of fused-ring (bicyclic) bond motifs is 1. The summed E-state index contributed by atoms with van der Waals surface area (Å²) in [6.07, 6.45) is 5.01. The van der Waals surface area contributed by atoms with Gasteiger partial charge in [-0.1, -0.05) is 0 Å².